The molecule has 2 rings (SSSR count). The number of nitro benzene ring substituents is 1. The van der Waals surface area contributed by atoms with E-state index >= 15 is 0 Å². The number of hydrogen-bond acceptors (Lipinski definition) is 4. The van der Waals surface area contributed by atoms with E-state index in [4.69, 9.17) is 16.3 Å². The summed E-state index contributed by atoms with van der Waals surface area (Å²) in [5, 5.41) is 21.1. The summed E-state index contributed by atoms with van der Waals surface area (Å²) in [6, 6.07) is 4.23. The van der Waals surface area contributed by atoms with Crippen molar-refractivity contribution in [3.05, 3.63) is 33.3 Å². The van der Waals surface area contributed by atoms with E-state index in [0.717, 1.165) is 6.42 Å². The first-order valence-corrected chi connectivity index (χ1v) is 6.55. The van der Waals surface area contributed by atoms with E-state index in [-0.39, 0.29) is 23.0 Å². The van der Waals surface area contributed by atoms with Crippen LogP contribution in [0.1, 0.15) is 26.7 Å². The Morgan fingerprint density at radius 1 is 1.63 bits per heavy atom. The Hall–Kier alpha value is -1.33. The number of halogens is 1. The number of nitro groups is 1. The van der Waals surface area contributed by atoms with E-state index in [2.05, 4.69) is 0 Å². The summed E-state index contributed by atoms with van der Waals surface area (Å²) in [5.74, 6) is 0.161. The fraction of sp³-hybridized carbons (Fsp3) is 0.538. The van der Waals surface area contributed by atoms with Crippen LogP contribution < -0.4 is 4.74 Å². The second kappa shape index (κ2) is 4.98. The molecule has 0 saturated heterocycles. The molecule has 0 aliphatic heterocycles. The van der Waals surface area contributed by atoms with Crippen LogP contribution in [0.5, 0.6) is 5.75 Å². The van der Waals surface area contributed by atoms with Crippen molar-refractivity contribution < 1.29 is 14.8 Å². The average molecular weight is 286 g/mol. The van der Waals surface area contributed by atoms with Crippen LogP contribution >= 0.6 is 11.6 Å². The predicted molar refractivity (Wildman–Crippen MR) is 71.5 cm³/mol. The van der Waals surface area contributed by atoms with Gasteiger partial charge in [0.15, 0.2) is 5.75 Å². The fourth-order valence-electron chi connectivity index (χ4n) is 2.33. The number of aliphatic hydroxyl groups is 1. The Morgan fingerprint density at radius 2 is 2.32 bits per heavy atom. The summed E-state index contributed by atoms with van der Waals surface area (Å²) in [6.07, 6.45) is 0.562. The van der Waals surface area contributed by atoms with Crippen LogP contribution in [0.2, 0.25) is 5.02 Å². The first-order chi connectivity index (χ1) is 8.88. The topological polar surface area (TPSA) is 72.6 Å². The summed E-state index contributed by atoms with van der Waals surface area (Å²) in [7, 11) is 0. The Morgan fingerprint density at radius 3 is 2.84 bits per heavy atom. The van der Waals surface area contributed by atoms with Gasteiger partial charge in [-0.1, -0.05) is 25.4 Å². The highest BCUT2D eigenvalue weighted by atomic mass is 35.5. The molecule has 1 N–H and O–H groups in total. The van der Waals surface area contributed by atoms with Gasteiger partial charge in [0.1, 0.15) is 6.10 Å². The van der Waals surface area contributed by atoms with Crippen LogP contribution in [0.15, 0.2) is 18.2 Å². The standard InChI is InChI=1S/C13H16ClNO4/c1-3-13(2)11(16)7-12(13)19-10-6-8(14)4-5-9(10)15(17)18/h4-6,11-12,16H,3,7H2,1-2H3. The number of benzene rings is 1. The molecule has 1 aromatic carbocycles. The maximum Gasteiger partial charge on any atom is 0.311 e. The minimum absolute atomic E-state index is 0.107. The maximum atomic E-state index is 10.9. The number of hydrogen-bond donors (Lipinski definition) is 1. The highest BCUT2D eigenvalue weighted by molar-refractivity contribution is 6.30. The molecule has 104 valence electrons. The molecule has 3 unspecified atom stereocenters. The SMILES string of the molecule is CCC1(C)C(O)CC1Oc1cc(Cl)ccc1[N+](=O)[O-]. The van der Waals surface area contributed by atoms with Crippen molar-refractivity contribution >= 4 is 17.3 Å². The van der Waals surface area contributed by atoms with Gasteiger partial charge in [0.2, 0.25) is 0 Å². The molecule has 0 aromatic heterocycles. The van der Waals surface area contributed by atoms with Crippen LogP contribution in [0.25, 0.3) is 0 Å². The average Bonchev–Trinajstić information content (AvgIpc) is 2.37. The van der Waals surface area contributed by atoms with Crippen molar-refractivity contribution in [2.75, 3.05) is 0 Å². The van der Waals surface area contributed by atoms with Crippen molar-refractivity contribution in [3.63, 3.8) is 0 Å². The van der Waals surface area contributed by atoms with Crippen molar-refractivity contribution in [2.24, 2.45) is 5.41 Å². The van der Waals surface area contributed by atoms with E-state index < -0.39 is 11.0 Å². The fourth-order valence-corrected chi connectivity index (χ4v) is 2.49. The van der Waals surface area contributed by atoms with Gasteiger partial charge in [-0.15, -0.1) is 0 Å². The largest absolute Gasteiger partial charge is 0.483 e. The maximum absolute atomic E-state index is 10.9. The molecular weight excluding hydrogens is 270 g/mol. The van der Waals surface area contributed by atoms with Gasteiger partial charge in [-0.25, -0.2) is 0 Å². The molecule has 19 heavy (non-hydrogen) atoms. The summed E-state index contributed by atoms with van der Waals surface area (Å²) in [4.78, 5) is 10.5. The molecule has 0 radical (unpaired) electrons. The van der Waals surface area contributed by atoms with Gasteiger partial charge in [-0.05, 0) is 12.5 Å². The minimum atomic E-state index is -0.496. The van der Waals surface area contributed by atoms with Gasteiger partial charge in [0, 0.05) is 29.0 Å². The highest BCUT2D eigenvalue weighted by Gasteiger charge is 2.51. The molecule has 0 spiro atoms. The van der Waals surface area contributed by atoms with E-state index in [1.54, 1.807) is 0 Å². The van der Waals surface area contributed by atoms with E-state index in [1.165, 1.54) is 18.2 Å². The van der Waals surface area contributed by atoms with Gasteiger partial charge in [-0.3, -0.25) is 10.1 Å². The molecule has 1 aliphatic rings. The van der Waals surface area contributed by atoms with Gasteiger partial charge >= 0.3 is 5.69 Å². The summed E-state index contributed by atoms with van der Waals surface area (Å²) in [6.45, 7) is 3.88. The van der Waals surface area contributed by atoms with Crippen LogP contribution in [0.3, 0.4) is 0 Å². The molecular formula is C13H16ClNO4. The molecule has 1 saturated carbocycles. The number of ether oxygens (including phenoxy) is 1. The van der Waals surface area contributed by atoms with E-state index in [1.807, 2.05) is 13.8 Å². The Bertz CT molecular complexity index is 507. The molecule has 0 bridgehead atoms. The molecule has 1 aromatic rings. The number of aliphatic hydroxyl groups excluding tert-OH is 1. The second-order valence-electron chi connectivity index (χ2n) is 5.09. The number of rotatable bonds is 4. The molecule has 1 fully saturated rings. The molecule has 1 aliphatic carbocycles. The van der Waals surface area contributed by atoms with Crippen molar-refractivity contribution in [1.29, 1.82) is 0 Å². The first-order valence-electron chi connectivity index (χ1n) is 6.17. The van der Waals surface area contributed by atoms with Crippen molar-refractivity contribution in [3.8, 4) is 5.75 Å². The normalized spacial score (nSPS) is 29.7. The van der Waals surface area contributed by atoms with E-state index in [9.17, 15) is 15.2 Å². The monoisotopic (exact) mass is 285 g/mol. The lowest BCUT2D eigenvalue weighted by Crippen LogP contribution is -2.57. The van der Waals surface area contributed by atoms with Crippen LogP contribution in [-0.4, -0.2) is 22.2 Å². The third kappa shape index (κ3) is 2.40. The molecule has 3 atom stereocenters. The zero-order valence-electron chi connectivity index (χ0n) is 10.8. The van der Waals surface area contributed by atoms with Gasteiger partial charge in [-0.2, -0.15) is 0 Å². The zero-order valence-corrected chi connectivity index (χ0v) is 11.6. The molecule has 0 amide bonds. The predicted octanol–water partition coefficient (Wildman–Crippen LogP) is 3.18. The third-order valence-electron chi connectivity index (χ3n) is 4.08. The van der Waals surface area contributed by atoms with Gasteiger partial charge in [0.25, 0.3) is 0 Å². The van der Waals surface area contributed by atoms with Gasteiger partial charge in [0.05, 0.1) is 11.0 Å². The summed E-state index contributed by atoms with van der Waals surface area (Å²) < 4.78 is 5.71. The molecule has 6 heteroatoms. The quantitative estimate of drug-likeness (QED) is 0.681. The Balaban J connectivity index is 2.25. The number of nitrogens with zero attached hydrogens (tertiary/aromatic N) is 1. The Kier molecular flexibility index (Phi) is 3.69. The molecule has 0 heterocycles. The van der Waals surface area contributed by atoms with Crippen LogP contribution in [-0.2, 0) is 0 Å². The lowest BCUT2D eigenvalue weighted by Gasteiger charge is -2.50. The first kappa shape index (κ1) is 14.1. The van der Waals surface area contributed by atoms with Crippen LogP contribution in [0, 0.1) is 15.5 Å². The second-order valence-corrected chi connectivity index (χ2v) is 5.52. The smallest absolute Gasteiger partial charge is 0.311 e. The minimum Gasteiger partial charge on any atom is -0.483 e. The van der Waals surface area contributed by atoms with Gasteiger partial charge < -0.3 is 9.84 Å². The third-order valence-corrected chi connectivity index (χ3v) is 4.32. The highest BCUT2D eigenvalue weighted by Crippen LogP contribution is 2.47. The lowest BCUT2D eigenvalue weighted by atomic mass is 9.63. The van der Waals surface area contributed by atoms with Crippen molar-refractivity contribution in [2.45, 2.75) is 38.9 Å². The Labute approximate surface area is 116 Å². The van der Waals surface area contributed by atoms with E-state index in [0.29, 0.717) is 11.4 Å². The summed E-state index contributed by atoms with van der Waals surface area (Å²) in [5.41, 5.74) is -0.472. The lowest BCUT2D eigenvalue weighted by molar-refractivity contribution is -0.386. The van der Waals surface area contributed by atoms with Crippen molar-refractivity contribution in [1.82, 2.24) is 0 Å². The zero-order chi connectivity index (χ0) is 14.2. The summed E-state index contributed by atoms with van der Waals surface area (Å²) >= 11 is 5.85. The molecule has 5 nitrogen and oxygen atoms in total. The van der Waals surface area contributed by atoms with Crippen LogP contribution in [0.4, 0.5) is 5.69 Å².